The third-order valence-corrected chi connectivity index (χ3v) is 3.37. The molecule has 0 unspecified atom stereocenters. The molecule has 3 nitrogen and oxygen atoms in total. The third-order valence-electron chi connectivity index (χ3n) is 2.60. The summed E-state index contributed by atoms with van der Waals surface area (Å²) in [7, 11) is -4.34. The van der Waals surface area contributed by atoms with Crippen LogP contribution >= 0.6 is 0 Å². The van der Waals surface area contributed by atoms with Gasteiger partial charge < -0.3 is 4.74 Å². The molecule has 0 aliphatic rings. The molecular formula is C13H19FO3S. The summed E-state index contributed by atoms with van der Waals surface area (Å²) in [4.78, 5) is 0. The van der Waals surface area contributed by atoms with Crippen LogP contribution in [0.5, 0.6) is 5.75 Å². The molecule has 5 heteroatoms. The summed E-state index contributed by atoms with van der Waals surface area (Å²) >= 11 is 0. The molecule has 1 aromatic carbocycles. The monoisotopic (exact) mass is 274 g/mol. The molecule has 0 amide bonds. The zero-order valence-corrected chi connectivity index (χ0v) is 11.5. The summed E-state index contributed by atoms with van der Waals surface area (Å²) in [6, 6.07) is 7.79. The van der Waals surface area contributed by atoms with Gasteiger partial charge in [-0.15, -0.1) is 3.89 Å². The summed E-state index contributed by atoms with van der Waals surface area (Å²) in [6.45, 7) is 4.64. The van der Waals surface area contributed by atoms with Gasteiger partial charge in [-0.25, -0.2) is 0 Å². The van der Waals surface area contributed by atoms with Crippen LogP contribution in [0, 0.1) is 0 Å². The number of rotatable bonds is 7. The molecule has 0 atom stereocenters. The molecule has 0 aliphatic heterocycles. The molecule has 0 heterocycles. The predicted molar refractivity (Wildman–Crippen MR) is 70.2 cm³/mol. The Balaban J connectivity index is 2.27. The maximum absolute atomic E-state index is 12.2. The standard InChI is InChI=1S/C13H19FO3S/c1-11(2)12-5-7-13(8-6-12)17-9-3-4-10-18(14,15)16/h5-8,11H,3-4,9-10H2,1-2H3. The quantitative estimate of drug-likeness (QED) is 0.566. The van der Waals surface area contributed by atoms with Crippen LogP contribution in [0.15, 0.2) is 24.3 Å². The second-order valence-corrected chi connectivity index (χ2v) is 6.01. The van der Waals surface area contributed by atoms with Crippen molar-refractivity contribution in [1.82, 2.24) is 0 Å². The fraction of sp³-hybridized carbons (Fsp3) is 0.538. The van der Waals surface area contributed by atoms with E-state index >= 15 is 0 Å². The fourth-order valence-corrected chi connectivity index (χ4v) is 2.06. The van der Waals surface area contributed by atoms with Gasteiger partial charge in [0.1, 0.15) is 5.75 Å². The first kappa shape index (κ1) is 15.0. The molecule has 1 aromatic rings. The lowest BCUT2D eigenvalue weighted by Gasteiger charge is -2.08. The molecule has 0 bridgehead atoms. The van der Waals surface area contributed by atoms with Gasteiger partial charge in [0.15, 0.2) is 0 Å². The van der Waals surface area contributed by atoms with E-state index < -0.39 is 16.0 Å². The molecule has 1 rings (SSSR count). The maximum Gasteiger partial charge on any atom is 0.302 e. The van der Waals surface area contributed by atoms with Gasteiger partial charge in [-0.1, -0.05) is 26.0 Å². The van der Waals surface area contributed by atoms with Gasteiger partial charge in [0.05, 0.1) is 12.4 Å². The van der Waals surface area contributed by atoms with Crippen molar-refractivity contribution in [2.24, 2.45) is 0 Å². The van der Waals surface area contributed by atoms with Crippen LogP contribution in [0.3, 0.4) is 0 Å². The van der Waals surface area contributed by atoms with E-state index in [1.54, 1.807) is 0 Å². The summed E-state index contributed by atoms with van der Waals surface area (Å²) in [6.07, 6.45) is 0.804. The second-order valence-electron chi connectivity index (χ2n) is 4.52. The van der Waals surface area contributed by atoms with Crippen LogP contribution in [0.1, 0.15) is 38.2 Å². The van der Waals surface area contributed by atoms with Crippen molar-refractivity contribution in [2.45, 2.75) is 32.6 Å². The Morgan fingerprint density at radius 2 is 1.78 bits per heavy atom. The average molecular weight is 274 g/mol. The van der Waals surface area contributed by atoms with Crippen molar-refractivity contribution in [3.63, 3.8) is 0 Å². The molecule has 0 fully saturated rings. The van der Waals surface area contributed by atoms with Crippen LogP contribution in [-0.4, -0.2) is 20.8 Å². The normalized spacial score (nSPS) is 11.8. The Hall–Kier alpha value is -1.10. The molecule has 0 saturated heterocycles. The second kappa shape index (κ2) is 6.73. The summed E-state index contributed by atoms with van der Waals surface area (Å²) < 4.78 is 38.1. The van der Waals surface area contributed by atoms with Crippen molar-refractivity contribution in [3.8, 4) is 5.75 Å². The molecule has 0 N–H and O–H groups in total. The van der Waals surface area contributed by atoms with Crippen LogP contribution in [0.25, 0.3) is 0 Å². The van der Waals surface area contributed by atoms with Crippen LogP contribution in [0.2, 0.25) is 0 Å². The topological polar surface area (TPSA) is 43.4 Å². The molecule has 0 aliphatic carbocycles. The van der Waals surface area contributed by atoms with E-state index in [-0.39, 0.29) is 6.42 Å². The molecular weight excluding hydrogens is 255 g/mol. The Kier molecular flexibility index (Phi) is 5.59. The average Bonchev–Trinajstić information content (AvgIpc) is 2.27. The van der Waals surface area contributed by atoms with Gasteiger partial charge >= 0.3 is 10.2 Å². The highest BCUT2D eigenvalue weighted by atomic mass is 32.3. The zero-order chi connectivity index (χ0) is 13.6. The summed E-state index contributed by atoms with van der Waals surface area (Å²) in [5.41, 5.74) is 1.24. The zero-order valence-electron chi connectivity index (χ0n) is 10.7. The minimum Gasteiger partial charge on any atom is -0.494 e. The number of benzene rings is 1. The summed E-state index contributed by atoms with van der Waals surface area (Å²) in [5.74, 6) is 0.805. The lowest BCUT2D eigenvalue weighted by Crippen LogP contribution is -2.03. The smallest absolute Gasteiger partial charge is 0.302 e. The lowest BCUT2D eigenvalue weighted by atomic mass is 10.0. The lowest BCUT2D eigenvalue weighted by molar-refractivity contribution is 0.309. The van der Waals surface area contributed by atoms with Crippen molar-refractivity contribution in [3.05, 3.63) is 29.8 Å². The van der Waals surface area contributed by atoms with Crippen molar-refractivity contribution < 1.29 is 17.0 Å². The largest absolute Gasteiger partial charge is 0.494 e. The van der Waals surface area contributed by atoms with E-state index in [2.05, 4.69) is 13.8 Å². The third kappa shape index (κ3) is 6.00. The van der Waals surface area contributed by atoms with Gasteiger partial charge in [-0.2, -0.15) is 8.42 Å². The Morgan fingerprint density at radius 1 is 1.17 bits per heavy atom. The number of halogens is 1. The first-order valence-electron chi connectivity index (χ1n) is 6.03. The minimum absolute atomic E-state index is 0.281. The minimum atomic E-state index is -4.34. The van der Waals surface area contributed by atoms with E-state index in [0.29, 0.717) is 18.9 Å². The van der Waals surface area contributed by atoms with Gasteiger partial charge in [0.2, 0.25) is 0 Å². The molecule has 102 valence electrons. The van der Waals surface area contributed by atoms with Gasteiger partial charge in [-0.3, -0.25) is 0 Å². The Labute approximate surface area is 108 Å². The summed E-state index contributed by atoms with van der Waals surface area (Å²) in [5, 5.41) is 0. The van der Waals surface area contributed by atoms with E-state index in [9.17, 15) is 12.3 Å². The van der Waals surface area contributed by atoms with E-state index in [1.807, 2.05) is 24.3 Å². The SMILES string of the molecule is CC(C)c1ccc(OCCCCS(=O)(=O)F)cc1. The molecule has 0 spiro atoms. The van der Waals surface area contributed by atoms with Crippen molar-refractivity contribution >= 4 is 10.2 Å². The highest BCUT2D eigenvalue weighted by molar-refractivity contribution is 7.86. The first-order valence-corrected chi connectivity index (χ1v) is 7.59. The van der Waals surface area contributed by atoms with E-state index in [1.165, 1.54) is 5.56 Å². The van der Waals surface area contributed by atoms with Crippen LogP contribution < -0.4 is 4.74 Å². The maximum atomic E-state index is 12.2. The number of hydrogen-bond donors (Lipinski definition) is 0. The molecule has 0 radical (unpaired) electrons. The van der Waals surface area contributed by atoms with Gasteiger partial charge in [-0.05, 0) is 36.5 Å². The van der Waals surface area contributed by atoms with Crippen molar-refractivity contribution in [2.75, 3.05) is 12.4 Å². The van der Waals surface area contributed by atoms with Gasteiger partial charge in [0.25, 0.3) is 0 Å². The number of unbranched alkanes of at least 4 members (excludes halogenated alkanes) is 1. The molecule has 18 heavy (non-hydrogen) atoms. The van der Waals surface area contributed by atoms with Crippen LogP contribution in [-0.2, 0) is 10.2 Å². The van der Waals surface area contributed by atoms with E-state index in [0.717, 1.165) is 5.75 Å². The number of ether oxygens (including phenoxy) is 1. The fourth-order valence-electron chi connectivity index (χ4n) is 1.52. The Morgan fingerprint density at radius 3 is 2.28 bits per heavy atom. The highest BCUT2D eigenvalue weighted by Gasteiger charge is 2.06. The van der Waals surface area contributed by atoms with E-state index in [4.69, 9.17) is 4.74 Å². The first-order chi connectivity index (χ1) is 8.38. The van der Waals surface area contributed by atoms with Crippen LogP contribution in [0.4, 0.5) is 3.89 Å². The predicted octanol–water partition coefficient (Wildman–Crippen LogP) is 3.27. The van der Waals surface area contributed by atoms with Crippen molar-refractivity contribution in [1.29, 1.82) is 0 Å². The van der Waals surface area contributed by atoms with Gasteiger partial charge in [0, 0.05) is 0 Å². The Bertz CT molecular complexity index is 452. The molecule has 0 aromatic heterocycles. The highest BCUT2D eigenvalue weighted by Crippen LogP contribution is 2.18. The number of hydrogen-bond acceptors (Lipinski definition) is 3. The molecule has 0 saturated carbocycles.